The topological polar surface area (TPSA) is 25.2 Å². The molecule has 21 heavy (non-hydrogen) atoms. The summed E-state index contributed by atoms with van der Waals surface area (Å²) >= 11 is 6.41. The van der Waals surface area contributed by atoms with E-state index in [0.717, 1.165) is 28.6 Å². The van der Waals surface area contributed by atoms with E-state index in [2.05, 4.69) is 0 Å². The first-order valence-electron chi connectivity index (χ1n) is 6.65. The number of fused-ring (bicyclic) bond motifs is 1. The molecule has 1 heterocycles. The predicted octanol–water partition coefficient (Wildman–Crippen LogP) is 4.16. The Labute approximate surface area is 128 Å². The summed E-state index contributed by atoms with van der Waals surface area (Å²) in [7, 11) is 4.00. The van der Waals surface area contributed by atoms with Crippen molar-refractivity contribution in [3.05, 3.63) is 59.2 Å². The van der Waals surface area contributed by atoms with Crippen molar-refractivity contribution in [3.63, 3.8) is 0 Å². The fourth-order valence-corrected chi connectivity index (χ4v) is 2.83. The molecule has 0 aliphatic heterocycles. The first kappa shape index (κ1) is 13.7. The third kappa shape index (κ3) is 2.20. The van der Waals surface area contributed by atoms with Crippen LogP contribution >= 0.6 is 11.6 Å². The fourth-order valence-electron chi connectivity index (χ4n) is 2.50. The molecule has 0 aliphatic rings. The summed E-state index contributed by atoms with van der Waals surface area (Å²) < 4.78 is 1.90. The average molecular weight is 299 g/mol. The summed E-state index contributed by atoms with van der Waals surface area (Å²) in [5, 5.41) is 1.32. The molecule has 0 atom stereocenters. The van der Waals surface area contributed by atoms with Crippen LogP contribution in [0.25, 0.3) is 16.6 Å². The Morgan fingerprint density at radius 2 is 1.71 bits per heavy atom. The maximum absolute atomic E-state index is 11.3. The van der Waals surface area contributed by atoms with Crippen LogP contribution in [0, 0.1) is 0 Å². The Hall–Kier alpha value is -2.26. The lowest BCUT2D eigenvalue weighted by Gasteiger charge is -2.14. The van der Waals surface area contributed by atoms with Crippen molar-refractivity contribution >= 4 is 34.5 Å². The standard InChI is InChI=1S/C17H15ClN2O/c1-19(2)12-7-9-13(10-8-12)20-16-6-4-3-5-14(16)15(11-21)17(20)18/h3-11H,1-2H3. The molecule has 0 saturated heterocycles. The number of aldehydes is 1. The van der Waals surface area contributed by atoms with Crippen molar-refractivity contribution in [3.8, 4) is 5.69 Å². The number of benzene rings is 2. The normalized spacial score (nSPS) is 10.8. The molecule has 0 unspecified atom stereocenters. The second-order valence-corrected chi connectivity index (χ2v) is 5.44. The van der Waals surface area contributed by atoms with Gasteiger partial charge in [-0.05, 0) is 30.3 Å². The molecule has 0 spiro atoms. The van der Waals surface area contributed by atoms with E-state index in [-0.39, 0.29) is 0 Å². The van der Waals surface area contributed by atoms with Gasteiger partial charge in [-0.25, -0.2) is 0 Å². The molecular formula is C17H15ClN2O. The predicted molar refractivity (Wildman–Crippen MR) is 88.0 cm³/mol. The smallest absolute Gasteiger partial charge is 0.153 e. The van der Waals surface area contributed by atoms with E-state index in [4.69, 9.17) is 11.6 Å². The molecule has 106 valence electrons. The molecule has 2 aromatic carbocycles. The zero-order valence-corrected chi connectivity index (χ0v) is 12.6. The van der Waals surface area contributed by atoms with Gasteiger partial charge in [0.25, 0.3) is 0 Å². The van der Waals surface area contributed by atoms with Crippen LogP contribution in [0.4, 0.5) is 5.69 Å². The molecule has 3 rings (SSSR count). The van der Waals surface area contributed by atoms with Crippen molar-refractivity contribution < 1.29 is 4.79 Å². The molecule has 0 fully saturated rings. The maximum Gasteiger partial charge on any atom is 0.153 e. The first-order valence-corrected chi connectivity index (χ1v) is 7.03. The van der Waals surface area contributed by atoms with Crippen LogP contribution in [0.1, 0.15) is 10.4 Å². The van der Waals surface area contributed by atoms with Gasteiger partial charge >= 0.3 is 0 Å². The number of carbonyl (C=O) groups is 1. The Kier molecular flexibility index (Phi) is 3.43. The number of hydrogen-bond donors (Lipinski definition) is 0. The fraction of sp³-hybridized carbons (Fsp3) is 0.118. The van der Waals surface area contributed by atoms with Gasteiger partial charge in [0.05, 0.1) is 11.1 Å². The molecule has 1 aromatic heterocycles. The first-order chi connectivity index (χ1) is 10.1. The van der Waals surface area contributed by atoms with E-state index in [9.17, 15) is 4.79 Å². The molecule has 3 nitrogen and oxygen atoms in total. The van der Waals surface area contributed by atoms with Gasteiger partial charge in [-0.15, -0.1) is 0 Å². The van der Waals surface area contributed by atoms with Gasteiger partial charge in [0.2, 0.25) is 0 Å². The third-order valence-corrected chi connectivity index (χ3v) is 3.97. The Morgan fingerprint density at radius 3 is 2.33 bits per heavy atom. The third-order valence-electron chi connectivity index (χ3n) is 3.60. The van der Waals surface area contributed by atoms with Gasteiger partial charge in [0.1, 0.15) is 5.15 Å². The van der Waals surface area contributed by atoms with Crippen molar-refractivity contribution in [2.45, 2.75) is 0 Å². The van der Waals surface area contributed by atoms with Crippen LogP contribution in [0.5, 0.6) is 0 Å². The molecule has 0 N–H and O–H groups in total. The summed E-state index contributed by atoms with van der Waals surface area (Å²) in [6.07, 6.45) is 0.815. The molecule has 0 bridgehead atoms. The van der Waals surface area contributed by atoms with Crippen molar-refractivity contribution in [2.75, 3.05) is 19.0 Å². The summed E-state index contributed by atoms with van der Waals surface area (Å²) in [4.78, 5) is 13.4. The largest absolute Gasteiger partial charge is 0.378 e. The second-order valence-electron chi connectivity index (χ2n) is 5.09. The molecule has 0 radical (unpaired) electrons. The lowest BCUT2D eigenvalue weighted by atomic mass is 10.2. The molecule has 0 aliphatic carbocycles. The van der Waals surface area contributed by atoms with Gasteiger partial charge in [-0.1, -0.05) is 29.8 Å². The minimum Gasteiger partial charge on any atom is -0.378 e. The summed E-state index contributed by atoms with van der Waals surface area (Å²) in [5.41, 5.74) is 3.52. The Balaban J connectivity index is 2.24. The Bertz CT molecular complexity index is 804. The SMILES string of the molecule is CN(C)c1ccc(-n2c(Cl)c(C=O)c3ccccc32)cc1. The van der Waals surface area contributed by atoms with Crippen LogP contribution in [-0.4, -0.2) is 24.9 Å². The quantitative estimate of drug-likeness (QED) is 0.678. The Morgan fingerprint density at radius 1 is 1.05 bits per heavy atom. The van der Waals surface area contributed by atoms with E-state index in [1.165, 1.54) is 0 Å². The van der Waals surface area contributed by atoms with E-state index in [0.29, 0.717) is 10.7 Å². The van der Waals surface area contributed by atoms with E-state index in [1.807, 2.05) is 72.1 Å². The summed E-state index contributed by atoms with van der Waals surface area (Å²) in [6, 6.07) is 15.8. The zero-order chi connectivity index (χ0) is 15.0. The highest BCUT2D eigenvalue weighted by molar-refractivity contribution is 6.34. The van der Waals surface area contributed by atoms with Crippen LogP contribution in [0.2, 0.25) is 5.15 Å². The lowest BCUT2D eigenvalue weighted by Crippen LogP contribution is -2.08. The van der Waals surface area contributed by atoms with Crippen molar-refractivity contribution in [2.24, 2.45) is 0 Å². The number of rotatable bonds is 3. The van der Waals surface area contributed by atoms with E-state index >= 15 is 0 Å². The van der Waals surface area contributed by atoms with Gasteiger partial charge < -0.3 is 4.90 Å². The lowest BCUT2D eigenvalue weighted by molar-refractivity contribution is 0.112. The highest BCUT2D eigenvalue weighted by Gasteiger charge is 2.15. The highest BCUT2D eigenvalue weighted by Crippen LogP contribution is 2.32. The van der Waals surface area contributed by atoms with Crippen LogP contribution in [0.3, 0.4) is 0 Å². The second kappa shape index (κ2) is 5.26. The van der Waals surface area contributed by atoms with Crippen molar-refractivity contribution in [1.82, 2.24) is 4.57 Å². The maximum atomic E-state index is 11.3. The molecule has 0 amide bonds. The van der Waals surface area contributed by atoms with E-state index < -0.39 is 0 Å². The molecule has 3 aromatic rings. The van der Waals surface area contributed by atoms with E-state index in [1.54, 1.807) is 0 Å². The van der Waals surface area contributed by atoms with Crippen LogP contribution in [-0.2, 0) is 0 Å². The minimum absolute atomic E-state index is 0.448. The van der Waals surface area contributed by atoms with Gasteiger partial charge in [-0.3, -0.25) is 9.36 Å². The van der Waals surface area contributed by atoms with Gasteiger partial charge in [0.15, 0.2) is 6.29 Å². The number of para-hydroxylation sites is 1. The summed E-state index contributed by atoms with van der Waals surface area (Å²) in [6.45, 7) is 0. The van der Waals surface area contributed by atoms with Gasteiger partial charge in [0, 0.05) is 30.9 Å². The van der Waals surface area contributed by atoms with Crippen LogP contribution < -0.4 is 4.90 Å². The van der Waals surface area contributed by atoms with Crippen molar-refractivity contribution in [1.29, 1.82) is 0 Å². The number of aromatic nitrogens is 1. The number of anilines is 1. The number of hydrogen-bond acceptors (Lipinski definition) is 2. The molecule has 0 saturated carbocycles. The number of carbonyl (C=O) groups excluding carboxylic acids is 1. The highest BCUT2D eigenvalue weighted by atomic mass is 35.5. The summed E-state index contributed by atoms with van der Waals surface area (Å²) in [5.74, 6) is 0. The molecule has 4 heteroatoms. The average Bonchev–Trinajstić information content (AvgIpc) is 2.78. The number of halogens is 1. The van der Waals surface area contributed by atoms with Gasteiger partial charge in [-0.2, -0.15) is 0 Å². The van der Waals surface area contributed by atoms with Crippen LogP contribution in [0.15, 0.2) is 48.5 Å². The molecular weight excluding hydrogens is 284 g/mol. The monoisotopic (exact) mass is 298 g/mol. The number of nitrogens with zero attached hydrogens (tertiary/aromatic N) is 2. The minimum atomic E-state index is 0.448. The zero-order valence-electron chi connectivity index (χ0n) is 11.9.